The van der Waals surface area contributed by atoms with Crippen LogP contribution in [0.3, 0.4) is 0 Å². The molecule has 0 bridgehead atoms. The third kappa shape index (κ3) is 4.56. The van der Waals surface area contributed by atoms with Gasteiger partial charge in [0, 0.05) is 20.5 Å². The minimum absolute atomic E-state index is 0.0629. The predicted octanol–water partition coefficient (Wildman–Crippen LogP) is 2.23. The van der Waals surface area contributed by atoms with Crippen LogP contribution in [-0.2, 0) is 11.2 Å². The van der Waals surface area contributed by atoms with E-state index in [9.17, 15) is 4.79 Å². The molecule has 19 heavy (non-hydrogen) atoms. The Labute approximate surface area is 115 Å². The van der Waals surface area contributed by atoms with Gasteiger partial charge in [-0.25, -0.2) is 5.01 Å². The number of hydrogen-bond acceptors (Lipinski definition) is 3. The summed E-state index contributed by atoms with van der Waals surface area (Å²) in [6.45, 7) is 4.17. The average Bonchev–Trinajstić information content (AvgIpc) is 2.34. The molecule has 1 rings (SSSR count). The average molecular weight is 264 g/mol. The van der Waals surface area contributed by atoms with Gasteiger partial charge in [-0.2, -0.15) is 0 Å². The van der Waals surface area contributed by atoms with E-state index >= 15 is 0 Å². The maximum atomic E-state index is 11.5. The number of nitrogens with zero attached hydrogens (tertiary/aromatic N) is 1. The van der Waals surface area contributed by atoms with E-state index < -0.39 is 0 Å². The largest absolute Gasteiger partial charge is 0.496 e. The van der Waals surface area contributed by atoms with Gasteiger partial charge >= 0.3 is 0 Å². The van der Waals surface area contributed by atoms with Crippen LogP contribution in [0.25, 0.3) is 0 Å². The summed E-state index contributed by atoms with van der Waals surface area (Å²) in [7, 11) is 5.32. The number of aryl methyl sites for hydroxylation is 1. The second-order valence-electron chi connectivity index (χ2n) is 4.96. The molecule has 1 aromatic carbocycles. The molecular formula is C15H24N2O2. The molecule has 4 heteroatoms. The fraction of sp³-hybridized carbons (Fsp3) is 0.533. The lowest BCUT2D eigenvalue weighted by atomic mass is 9.98. The maximum Gasteiger partial charge on any atom is 0.234 e. The molecule has 0 heterocycles. The lowest BCUT2D eigenvalue weighted by Gasteiger charge is -2.13. The summed E-state index contributed by atoms with van der Waals surface area (Å²) in [4.78, 5) is 11.5. The van der Waals surface area contributed by atoms with Crippen LogP contribution in [-0.4, -0.2) is 32.1 Å². The van der Waals surface area contributed by atoms with Crippen LogP contribution in [0.15, 0.2) is 12.1 Å². The van der Waals surface area contributed by atoms with Gasteiger partial charge in [-0.3, -0.25) is 10.2 Å². The summed E-state index contributed by atoms with van der Waals surface area (Å²) in [5.74, 6) is 0.986. The number of benzene rings is 1. The van der Waals surface area contributed by atoms with Crippen LogP contribution in [0.2, 0.25) is 0 Å². The summed E-state index contributed by atoms with van der Waals surface area (Å²) < 4.78 is 5.30. The Morgan fingerprint density at radius 3 is 2.53 bits per heavy atom. The second-order valence-corrected chi connectivity index (χ2v) is 4.96. The quantitative estimate of drug-likeness (QED) is 0.801. The van der Waals surface area contributed by atoms with Crippen LogP contribution in [0, 0.1) is 13.8 Å². The van der Waals surface area contributed by atoms with Crippen molar-refractivity contribution in [3.05, 3.63) is 28.8 Å². The lowest BCUT2D eigenvalue weighted by molar-refractivity contribution is -0.124. The van der Waals surface area contributed by atoms with Crippen LogP contribution in [0.4, 0.5) is 0 Å². The molecule has 0 fully saturated rings. The van der Waals surface area contributed by atoms with Crippen LogP contribution in [0.1, 0.15) is 29.5 Å². The molecule has 0 aliphatic rings. The Kier molecular flexibility index (Phi) is 5.83. The Hall–Kier alpha value is -1.55. The van der Waals surface area contributed by atoms with E-state index in [2.05, 4.69) is 25.3 Å². The number of amides is 1. The number of nitrogens with one attached hydrogen (secondary N) is 1. The summed E-state index contributed by atoms with van der Waals surface area (Å²) in [5, 5.41) is 1.67. The molecule has 0 saturated carbocycles. The zero-order valence-electron chi connectivity index (χ0n) is 12.5. The van der Waals surface area contributed by atoms with Crippen molar-refractivity contribution in [2.75, 3.05) is 21.2 Å². The zero-order valence-corrected chi connectivity index (χ0v) is 12.5. The molecule has 0 spiro atoms. The maximum absolute atomic E-state index is 11.5. The fourth-order valence-corrected chi connectivity index (χ4v) is 2.09. The number of rotatable bonds is 6. The zero-order chi connectivity index (χ0) is 14.4. The number of carbonyl (C=O) groups is 1. The molecular weight excluding hydrogens is 240 g/mol. The topological polar surface area (TPSA) is 41.6 Å². The van der Waals surface area contributed by atoms with E-state index in [1.807, 2.05) is 20.2 Å². The molecule has 0 saturated heterocycles. The van der Waals surface area contributed by atoms with Gasteiger partial charge < -0.3 is 4.74 Å². The Morgan fingerprint density at radius 1 is 1.26 bits per heavy atom. The fourth-order valence-electron chi connectivity index (χ4n) is 2.09. The van der Waals surface area contributed by atoms with Gasteiger partial charge in [0.05, 0.1) is 7.11 Å². The van der Waals surface area contributed by atoms with E-state index in [4.69, 9.17) is 4.74 Å². The standard InChI is InChI=1S/C15H24N2O2/c1-11-12(2)14(19-5)10-9-13(11)7-6-8-15(18)16-17(3)4/h9-10H,6-8H2,1-5H3,(H,16,18). The SMILES string of the molecule is COc1ccc(CCCC(=O)NN(C)C)c(C)c1C. The number of ether oxygens (including phenoxy) is 1. The van der Waals surface area contributed by atoms with Gasteiger partial charge in [-0.15, -0.1) is 0 Å². The number of carbonyl (C=O) groups excluding carboxylic acids is 1. The van der Waals surface area contributed by atoms with Gasteiger partial charge in [0.1, 0.15) is 5.75 Å². The molecule has 0 aliphatic carbocycles. The summed E-state index contributed by atoms with van der Waals surface area (Å²) in [5.41, 5.74) is 6.47. The van der Waals surface area contributed by atoms with Gasteiger partial charge in [0.15, 0.2) is 0 Å². The molecule has 1 amide bonds. The highest BCUT2D eigenvalue weighted by Crippen LogP contribution is 2.24. The van der Waals surface area contributed by atoms with Gasteiger partial charge in [-0.1, -0.05) is 6.07 Å². The van der Waals surface area contributed by atoms with Crippen molar-refractivity contribution in [2.45, 2.75) is 33.1 Å². The van der Waals surface area contributed by atoms with E-state index in [0.29, 0.717) is 6.42 Å². The monoisotopic (exact) mass is 264 g/mol. The normalized spacial score (nSPS) is 10.6. The first kappa shape index (κ1) is 15.5. The molecule has 4 nitrogen and oxygen atoms in total. The first-order chi connectivity index (χ1) is 8.95. The van der Waals surface area contributed by atoms with Gasteiger partial charge in [0.25, 0.3) is 0 Å². The van der Waals surface area contributed by atoms with Crippen molar-refractivity contribution in [1.29, 1.82) is 0 Å². The van der Waals surface area contributed by atoms with Crippen molar-refractivity contribution in [1.82, 2.24) is 10.4 Å². The lowest BCUT2D eigenvalue weighted by Crippen LogP contribution is -2.35. The third-order valence-corrected chi connectivity index (χ3v) is 3.27. The number of hydrazine groups is 1. The number of hydrogen-bond donors (Lipinski definition) is 1. The summed E-state index contributed by atoms with van der Waals surface area (Å²) in [6.07, 6.45) is 2.31. The highest BCUT2D eigenvalue weighted by molar-refractivity contribution is 5.75. The van der Waals surface area contributed by atoms with E-state index in [0.717, 1.165) is 18.6 Å². The second kappa shape index (κ2) is 7.14. The minimum Gasteiger partial charge on any atom is -0.496 e. The van der Waals surface area contributed by atoms with Crippen molar-refractivity contribution in [3.8, 4) is 5.75 Å². The predicted molar refractivity (Wildman–Crippen MR) is 77.2 cm³/mol. The minimum atomic E-state index is 0.0629. The Balaban J connectivity index is 2.55. The molecule has 106 valence electrons. The van der Waals surface area contributed by atoms with Crippen molar-refractivity contribution < 1.29 is 9.53 Å². The first-order valence-corrected chi connectivity index (χ1v) is 6.55. The van der Waals surface area contributed by atoms with Gasteiger partial charge in [-0.05, 0) is 49.4 Å². The van der Waals surface area contributed by atoms with E-state index in [1.165, 1.54) is 16.7 Å². The van der Waals surface area contributed by atoms with Crippen LogP contribution >= 0.6 is 0 Å². The van der Waals surface area contributed by atoms with Crippen LogP contribution < -0.4 is 10.2 Å². The third-order valence-electron chi connectivity index (χ3n) is 3.27. The highest BCUT2D eigenvalue weighted by Gasteiger charge is 2.08. The Morgan fingerprint density at radius 2 is 1.95 bits per heavy atom. The Bertz CT molecular complexity index is 442. The first-order valence-electron chi connectivity index (χ1n) is 6.55. The molecule has 0 aromatic heterocycles. The number of methoxy groups -OCH3 is 1. The van der Waals surface area contributed by atoms with Crippen molar-refractivity contribution in [2.24, 2.45) is 0 Å². The molecule has 0 aliphatic heterocycles. The molecule has 0 radical (unpaired) electrons. The summed E-state index contributed by atoms with van der Waals surface area (Å²) in [6, 6.07) is 4.09. The molecule has 0 atom stereocenters. The van der Waals surface area contributed by atoms with E-state index in [-0.39, 0.29) is 5.91 Å². The van der Waals surface area contributed by atoms with Crippen molar-refractivity contribution >= 4 is 5.91 Å². The smallest absolute Gasteiger partial charge is 0.234 e. The molecule has 0 unspecified atom stereocenters. The van der Waals surface area contributed by atoms with Crippen molar-refractivity contribution in [3.63, 3.8) is 0 Å². The molecule has 1 N–H and O–H groups in total. The summed E-state index contributed by atoms with van der Waals surface area (Å²) >= 11 is 0. The van der Waals surface area contributed by atoms with Crippen LogP contribution in [0.5, 0.6) is 5.75 Å². The van der Waals surface area contributed by atoms with E-state index in [1.54, 1.807) is 12.1 Å². The molecule has 1 aromatic rings. The highest BCUT2D eigenvalue weighted by atomic mass is 16.5. The van der Waals surface area contributed by atoms with Gasteiger partial charge in [0.2, 0.25) is 5.91 Å².